The standard InChI is InChI=1S/3C27H33N/c1-12-13(2)17(6)23-22(16(12)5)19(8)20(9)25-24-18(7)14(3)15(4)21(10)26(24)28(11)27(23)25;1-12-13(2)17(6)23-22(16(12)5)19(8)21(10)27-25(23)24-18(7)14(3)15(4)20(9)26(24)28(27)11;1-12-13(2)17(6)23-21(10)27-25(20(9)22(23)16(12)5)24-18(7)14(3)15(4)19(8)26(24)28(27)11/h3*1-11H3. The molecule has 0 saturated carbocycles. The average molecular weight is 1110 g/mol. The first-order valence-electron chi connectivity index (χ1n) is 31.2. The largest absolute Gasteiger partial charge is 0.343 e. The van der Waals surface area contributed by atoms with Crippen LogP contribution < -0.4 is 0 Å². The van der Waals surface area contributed by atoms with Gasteiger partial charge < -0.3 is 13.7 Å². The van der Waals surface area contributed by atoms with E-state index in [0.717, 1.165) is 0 Å². The molecular formula is C81H99N3. The van der Waals surface area contributed by atoms with Gasteiger partial charge in [-0.25, -0.2) is 0 Å². The summed E-state index contributed by atoms with van der Waals surface area (Å²) in [6, 6.07) is 0. The molecular weight excluding hydrogens is 1010 g/mol. The molecule has 9 aromatic carbocycles. The molecule has 0 spiro atoms. The van der Waals surface area contributed by atoms with Gasteiger partial charge in [-0.2, -0.15) is 0 Å². The molecule has 0 saturated heterocycles. The topological polar surface area (TPSA) is 14.8 Å². The Hall–Kier alpha value is -6.84. The van der Waals surface area contributed by atoms with Crippen molar-refractivity contribution in [1.29, 1.82) is 0 Å². The van der Waals surface area contributed by atoms with Gasteiger partial charge in [0.25, 0.3) is 0 Å². The van der Waals surface area contributed by atoms with Crippen molar-refractivity contribution in [2.75, 3.05) is 0 Å². The number of nitrogens with zero attached hydrogens (tertiary/aromatic N) is 3. The summed E-state index contributed by atoms with van der Waals surface area (Å²) in [5, 5.41) is 17.5. The van der Waals surface area contributed by atoms with Gasteiger partial charge in [-0.05, 0) is 402 Å². The van der Waals surface area contributed by atoms with E-state index in [2.05, 4.69) is 243 Å². The van der Waals surface area contributed by atoms with Gasteiger partial charge in [0.05, 0.1) is 33.1 Å². The van der Waals surface area contributed by atoms with Crippen LogP contribution in [0.15, 0.2) is 0 Å². The van der Waals surface area contributed by atoms with Crippen LogP contribution in [0, 0.1) is 208 Å². The van der Waals surface area contributed by atoms with Crippen LogP contribution in [0.4, 0.5) is 0 Å². The van der Waals surface area contributed by atoms with Crippen LogP contribution in [-0.4, -0.2) is 13.7 Å². The summed E-state index contributed by atoms with van der Waals surface area (Å²) in [6.45, 7) is 68.9. The van der Waals surface area contributed by atoms with E-state index >= 15 is 0 Å². The molecule has 12 aromatic rings. The van der Waals surface area contributed by atoms with Gasteiger partial charge in [0.2, 0.25) is 0 Å². The van der Waals surface area contributed by atoms with Crippen LogP contribution in [0.1, 0.15) is 167 Å². The summed E-state index contributed by atoms with van der Waals surface area (Å²) in [7, 11) is 6.78. The summed E-state index contributed by atoms with van der Waals surface area (Å²) in [5.74, 6) is 0. The van der Waals surface area contributed by atoms with Crippen LogP contribution in [-0.2, 0) is 21.1 Å². The zero-order chi connectivity index (χ0) is 62.4. The summed E-state index contributed by atoms with van der Waals surface area (Å²) in [5.41, 5.74) is 51.4. The normalized spacial score (nSPS) is 12.1. The number of fused-ring (bicyclic) bond motifs is 14. The van der Waals surface area contributed by atoms with Gasteiger partial charge in [-0.15, -0.1) is 0 Å². The zero-order valence-corrected chi connectivity index (χ0v) is 58.3. The Morgan fingerprint density at radius 3 is 0.595 bits per heavy atom. The van der Waals surface area contributed by atoms with Crippen molar-refractivity contribution in [3.05, 3.63) is 167 Å². The van der Waals surface area contributed by atoms with E-state index in [1.54, 1.807) is 0 Å². The van der Waals surface area contributed by atoms with Crippen molar-refractivity contribution >= 4 is 97.7 Å². The maximum Gasteiger partial charge on any atom is 0.0574 e. The molecule has 0 radical (unpaired) electrons. The molecule has 3 heteroatoms. The molecule has 0 unspecified atom stereocenters. The van der Waals surface area contributed by atoms with Crippen LogP contribution >= 0.6 is 0 Å². The second-order valence-corrected chi connectivity index (χ2v) is 27.0. The van der Waals surface area contributed by atoms with E-state index in [1.807, 2.05) is 0 Å². The molecule has 0 N–H and O–H groups in total. The first-order chi connectivity index (χ1) is 39.1. The van der Waals surface area contributed by atoms with Gasteiger partial charge >= 0.3 is 0 Å². The van der Waals surface area contributed by atoms with Crippen LogP contribution in [0.3, 0.4) is 0 Å². The quantitative estimate of drug-likeness (QED) is 0.144. The highest BCUT2D eigenvalue weighted by Gasteiger charge is 2.28. The van der Waals surface area contributed by atoms with Gasteiger partial charge in [0, 0.05) is 58.8 Å². The Morgan fingerprint density at radius 1 is 0.107 bits per heavy atom. The van der Waals surface area contributed by atoms with Crippen LogP contribution in [0.25, 0.3) is 97.7 Å². The van der Waals surface area contributed by atoms with Crippen molar-refractivity contribution in [1.82, 2.24) is 13.7 Å². The number of hydrogen-bond acceptors (Lipinski definition) is 0. The molecule has 0 aliphatic rings. The smallest absolute Gasteiger partial charge is 0.0574 e. The number of rotatable bonds is 0. The molecule has 3 heterocycles. The number of benzene rings is 9. The molecule has 0 bridgehead atoms. The van der Waals surface area contributed by atoms with E-state index < -0.39 is 0 Å². The Balaban J connectivity index is 0.000000140. The van der Waals surface area contributed by atoms with E-state index in [-0.39, 0.29) is 0 Å². The van der Waals surface area contributed by atoms with Crippen molar-refractivity contribution < 1.29 is 0 Å². The number of aromatic nitrogens is 3. The van der Waals surface area contributed by atoms with Crippen molar-refractivity contribution in [2.24, 2.45) is 21.1 Å². The van der Waals surface area contributed by atoms with E-state index in [0.29, 0.717) is 0 Å². The van der Waals surface area contributed by atoms with Crippen LogP contribution in [0.2, 0.25) is 0 Å². The Labute approximate surface area is 504 Å². The van der Waals surface area contributed by atoms with E-state index in [9.17, 15) is 0 Å². The SMILES string of the molecule is Cc1c(C)c(C)c2c(C)c3c(c(C)c2c1C)c1c(C)c(C)c(C)c(C)c1n3C.Cc1c(C)c(C)c2c(c1C)c(C)c(C)c1c2c2c(C)c(C)c(C)c(C)c2n1C.Cc1c(C)c(C)c2c(c1C)c(C)c(C)c1c3c(C)c(C)c(C)c(C)c3n(C)c21. The lowest BCUT2D eigenvalue weighted by Gasteiger charge is -2.20. The molecule has 0 aliphatic heterocycles. The molecule has 84 heavy (non-hydrogen) atoms. The lowest BCUT2D eigenvalue weighted by molar-refractivity contribution is 0.997. The Bertz CT molecular complexity index is 4970. The van der Waals surface area contributed by atoms with E-state index in [4.69, 9.17) is 0 Å². The fourth-order valence-corrected chi connectivity index (χ4v) is 16.8. The Kier molecular flexibility index (Phi) is 14.5. The first kappa shape index (κ1) is 60.3. The summed E-state index contributed by atoms with van der Waals surface area (Å²) >= 11 is 0. The van der Waals surface area contributed by atoms with Gasteiger partial charge in [0.15, 0.2) is 0 Å². The molecule has 0 atom stereocenters. The van der Waals surface area contributed by atoms with E-state index in [1.165, 1.54) is 265 Å². The second-order valence-electron chi connectivity index (χ2n) is 27.0. The molecule has 3 nitrogen and oxygen atoms in total. The number of hydrogen-bond donors (Lipinski definition) is 0. The number of aryl methyl sites for hydroxylation is 21. The summed E-state index contributed by atoms with van der Waals surface area (Å²) < 4.78 is 7.41. The van der Waals surface area contributed by atoms with Crippen molar-refractivity contribution in [2.45, 2.75) is 208 Å². The highest BCUT2D eigenvalue weighted by molar-refractivity contribution is 6.26. The highest BCUT2D eigenvalue weighted by atomic mass is 15.0. The predicted molar refractivity (Wildman–Crippen MR) is 376 cm³/mol. The predicted octanol–water partition coefficient (Wildman–Crippen LogP) is 22.7. The summed E-state index contributed by atoms with van der Waals surface area (Å²) in [6.07, 6.45) is 0. The third-order valence-corrected chi connectivity index (χ3v) is 24.1. The molecule has 3 aromatic heterocycles. The fourth-order valence-electron chi connectivity index (χ4n) is 16.8. The molecule has 0 aliphatic carbocycles. The lowest BCUT2D eigenvalue weighted by atomic mass is 9.84. The third-order valence-electron chi connectivity index (χ3n) is 24.1. The van der Waals surface area contributed by atoms with Crippen molar-refractivity contribution in [3.8, 4) is 0 Å². The minimum atomic E-state index is 1.40. The minimum absolute atomic E-state index is 1.40. The second kappa shape index (κ2) is 20.1. The summed E-state index contributed by atoms with van der Waals surface area (Å²) in [4.78, 5) is 0. The average Bonchev–Trinajstić information content (AvgIpc) is 1.64. The fraction of sp³-hybridized carbons (Fsp3) is 0.407. The van der Waals surface area contributed by atoms with Gasteiger partial charge in [-0.3, -0.25) is 0 Å². The lowest BCUT2D eigenvalue weighted by Crippen LogP contribution is -2.00. The first-order valence-corrected chi connectivity index (χ1v) is 31.2. The van der Waals surface area contributed by atoms with Crippen molar-refractivity contribution in [3.63, 3.8) is 0 Å². The monoisotopic (exact) mass is 1110 g/mol. The molecule has 438 valence electrons. The third kappa shape index (κ3) is 7.60. The van der Waals surface area contributed by atoms with Gasteiger partial charge in [-0.1, -0.05) is 0 Å². The maximum absolute atomic E-state index is 2.48. The Morgan fingerprint density at radius 2 is 0.250 bits per heavy atom. The molecule has 12 rings (SSSR count). The maximum atomic E-state index is 2.48. The van der Waals surface area contributed by atoms with Crippen LogP contribution in [0.5, 0.6) is 0 Å². The zero-order valence-electron chi connectivity index (χ0n) is 58.3. The van der Waals surface area contributed by atoms with Gasteiger partial charge in [0.1, 0.15) is 0 Å². The highest BCUT2D eigenvalue weighted by Crippen LogP contribution is 2.49. The minimum Gasteiger partial charge on any atom is -0.343 e. The molecule has 0 amide bonds. The molecule has 0 fully saturated rings.